The highest BCUT2D eigenvalue weighted by Gasteiger charge is 2.66. The highest BCUT2D eigenvalue weighted by Crippen LogP contribution is 2.64. The summed E-state index contributed by atoms with van der Waals surface area (Å²) in [6.45, 7) is 3.42. The molecule has 0 N–H and O–H groups in total. The molecular weight excluding hydrogens is 402 g/mol. The molecule has 1 aliphatic heterocycles. The first kappa shape index (κ1) is 19.0. The Balaban J connectivity index is 1.54. The lowest BCUT2D eigenvalue weighted by atomic mass is 9.48. The summed E-state index contributed by atoms with van der Waals surface area (Å²) in [5.41, 5.74) is 4.35. The van der Waals surface area contributed by atoms with Crippen molar-refractivity contribution in [1.82, 2.24) is 0 Å². The molecule has 5 heteroatoms. The summed E-state index contributed by atoms with van der Waals surface area (Å²) < 4.78 is 5.19. The van der Waals surface area contributed by atoms with Gasteiger partial charge in [-0.15, -0.1) is 0 Å². The van der Waals surface area contributed by atoms with Crippen molar-refractivity contribution in [2.24, 2.45) is 11.8 Å². The van der Waals surface area contributed by atoms with Gasteiger partial charge in [0.25, 0.3) is 0 Å². The highest BCUT2D eigenvalue weighted by atomic mass is 16.5. The predicted octanol–water partition coefficient (Wildman–Crippen LogP) is 4.18. The molecule has 32 heavy (non-hydrogen) atoms. The van der Waals surface area contributed by atoms with Gasteiger partial charge < -0.3 is 4.74 Å². The molecule has 1 heterocycles. The summed E-state index contributed by atoms with van der Waals surface area (Å²) in [6, 6.07) is 23.0. The summed E-state index contributed by atoms with van der Waals surface area (Å²) in [7, 11) is 0. The molecule has 0 aromatic heterocycles. The van der Waals surface area contributed by atoms with Crippen molar-refractivity contribution in [2.45, 2.75) is 25.2 Å². The molecule has 0 unspecified atom stereocenters. The van der Waals surface area contributed by atoms with Crippen LogP contribution in [0.4, 0.5) is 5.69 Å². The van der Waals surface area contributed by atoms with Gasteiger partial charge in [0.2, 0.25) is 11.8 Å². The zero-order valence-corrected chi connectivity index (χ0v) is 17.7. The van der Waals surface area contributed by atoms with Crippen LogP contribution in [0.25, 0.3) is 0 Å². The monoisotopic (exact) mass is 423 g/mol. The molecule has 0 saturated carbocycles. The minimum atomic E-state index is -0.596. The molecule has 1 fully saturated rings. The Hall–Kier alpha value is -3.73. The van der Waals surface area contributed by atoms with Gasteiger partial charge in [0, 0.05) is 24.3 Å². The van der Waals surface area contributed by atoms with Gasteiger partial charge in [0.15, 0.2) is 0 Å². The van der Waals surface area contributed by atoms with Gasteiger partial charge in [-0.2, -0.15) is 0 Å². The van der Waals surface area contributed by atoms with Crippen LogP contribution in [0.2, 0.25) is 0 Å². The van der Waals surface area contributed by atoms with Crippen molar-refractivity contribution >= 4 is 23.5 Å². The van der Waals surface area contributed by atoms with Crippen molar-refractivity contribution in [2.75, 3.05) is 4.90 Å². The van der Waals surface area contributed by atoms with E-state index in [1.54, 1.807) is 24.3 Å². The normalized spacial score (nSPS) is 27.1. The molecule has 4 aliphatic rings. The number of benzene rings is 3. The van der Waals surface area contributed by atoms with Crippen LogP contribution in [0.1, 0.15) is 42.0 Å². The molecule has 3 aromatic carbocycles. The van der Waals surface area contributed by atoms with Gasteiger partial charge in [0.1, 0.15) is 5.75 Å². The fourth-order valence-electron chi connectivity index (χ4n) is 6.26. The molecule has 5 nitrogen and oxygen atoms in total. The van der Waals surface area contributed by atoms with Gasteiger partial charge in [-0.1, -0.05) is 61.5 Å². The fraction of sp³-hybridized carbons (Fsp3) is 0.222. The van der Waals surface area contributed by atoms with E-state index in [1.165, 1.54) is 11.8 Å². The number of amides is 2. The van der Waals surface area contributed by atoms with Gasteiger partial charge in [0.05, 0.1) is 17.5 Å². The zero-order valence-electron chi connectivity index (χ0n) is 17.7. The minimum Gasteiger partial charge on any atom is -0.427 e. The average Bonchev–Trinajstić information content (AvgIpc) is 3.05. The third-order valence-corrected chi connectivity index (χ3v) is 7.38. The number of carbonyl (C=O) groups is 3. The summed E-state index contributed by atoms with van der Waals surface area (Å²) >= 11 is 0. The lowest BCUT2D eigenvalue weighted by molar-refractivity contribution is -0.132. The molecule has 3 aliphatic carbocycles. The average molecular weight is 423 g/mol. The van der Waals surface area contributed by atoms with Gasteiger partial charge in [-0.25, -0.2) is 4.90 Å². The number of anilines is 1. The number of nitrogens with zero attached hydrogens (tertiary/aromatic N) is 1. The Labute approximate surface area is 185 Å². The quantitative estimate of drug-likeness (QED) is 0.352. The van der Waals surface area contributed by atoms with E-state index in [1.807, 2.05) is 24.3 Å². The van der Waals surface area contributed by atoms with Crippen molar-refractivity contribution in [3.05, 3.63) is 95.1 Å². The summed E-state index contributed by atoms with van der Waals surface area (Å²) in [5.74, 6) is -1.64. The maximum absolute atomic E-state index is 13.9. The highest BCUT2D eigenvalue weighted by molar-refractivity contribution is 6.23. The second-order valence-corrected chi connectivity index (χ2v) is 8.96. The van der Waals surface area contributed by atoms with Crippen molar-refractivity contribution < 1.29 is 19.1 Å². The molecule has 1 saturated heterocycles. The topological polar surface area (TPSA) is 63.7 Å². The number of ether oxygens (including phenoxy) is 1. The maximum atomic E-state index is 13.9. The lowest BCUT2D eigenvalue weighted by Gasteiger charge is -2.52. The van der Waals surface area contributed by atoms with E-state index in [2.05, 4.69) is 31.2 Å². The predicted molar refractivity (Wildman–Crippen MR) is 118 cm³/mol. The second kappa shape index (κ2) is 6.39. The fourth-order valence-corrected chi connectivity index (χ4v) is 6.26. The number of hydrogen-bond donors (Lipinski definition) is 0. The standard InChI is InChI=1S/C27H21NO4/c1-15(29)32-17-9-7-8-16(14-17)28-25(30)23-22-18-10-3-5-12-20(18)27(2,24(23)26(28)31)21-13-6-4-11-19(21)22/h3-14,22-24H,1-2H3/t22?,23-,24+,27?/m0/s1. The zero-order chi connectivity index (χ0) is 22.2. The molecule has 7 rings (SSSR count). The SMILES string of the molecule is CC(=O)Oc1cccc(N2C(=O)[C@H]3C4c5ccccc5C(C)(c5ccccc54)[C@H]3C2=O)c1. The second-order valence-electron chi connectivity index (χ2n) is 8.96. The van der Waals surface area contributed by atoms with Gasteiger partial charge in [-0.05, 0) is 34.4 Å². The number of hydrogen-bond acceptors (Lipinski definition) is 4. The van der Waals surface area contributed by atoms with E-state index in [-0.39, 0.29) is 17.7 Å². The van der Waals surface area contributed by atoms with Crippen molar-refractivity contribution in [3.8, 4) is 5.75 Å². The molecule has 0 spiro atoms. The Bertz CT molecular complexity index is 1280. The van der Waals surface area contributed by atoms with Crippen molar-refractivity contribution in [1.29, 1.82) is 0 Å². The Morgan fingerprint density at radius 2 is 1.50 bits per heavy atom. The molecule has 2 amide bonds. The van der Waals surface area contributed by atoms with Crippen molar-refractivity contribution in [3.63, 3.8) is 0 Å². The Morgan fingerprint density at radius 1 is 0.875 bits per heavy atom. The van der Waals surface area contributed by atoms with Crippen LogP contribution < -0.4 is 9.64 Å². The molecule has 2 atom stereocenters. The van der Waals surface area contributed by atoms with Crippen LogP contribution in [-0.4, -0.2) is 17.8 Å². The third-order valence-electron chi connectivity index (χ3n) is 7.38. The maximum Gasteiger partial charge on any atom is 0.308 e. The Kier molecular flexibility index (Phi) is 3.79. The van der Waals surface area contributed by atoms with Crippen LogP contribution in [0.15, 0.2) is 72.8 Å². The molecular formula is C27H21NO4. The number of imide groups is 1. The van der Waals surface area contributed by atoms with Crippen LogP contribution in [0, 0.1) is 11.8 Å². The number of esters is 1. The van der Waals surface area contributed by atoms with Crippen LogP contribution in [0.5, 0.6) is 5.75 Å². The third kappa shape index (κ3) is 2.25. The number of rotatable bonds is 2. The summed E-state index contributed by atoms with van der Waals surface area (Å²) in [5, 5.41) is 0. The minimum absolute atomic E-state index is 0.160. The first-order chi connectivity index (χ1) is 15.4. The van der Waals surface area contributed by atoms with Gasteiger partial charge >= 0.3 is 5.97 Å². The van der Waals surface area contributed by atoms with E-state index < -0.39 is 23.2 Å². The van der Waals surface area contributed by atoms with E-state index >= 15 is 0 Å². The summed E-state index contributed by atoms with van der Waals surface area (Å²) in [4.78, 5) is 40.4. The van der Waals surface area contributed by atoms with Crippen LogP contribution >= 0.6 is 0 Å². The number of carbonyl (C=O) groups excluding carboxylic acids is 3. The van der Waals surface area contributed by atoms with Crippen LogP contribution in [-0.2, 0) is 19.8 Å². The van der Waals surface area contributed by atoms with Crippen LogP contribution in [0.3, 0.4) is 0 Å². The van der Waals surface area contributed by atoms with E-state index in [9.17, 15) is 14.4 Å². The first-order valence-electron chi connectivity index (χ1n) is 10.8. The molecule has 158 valence electrons. The first-order valence-corrected chi connectivity index (χ1v) is 10.8. The smallest absolute Gasteiger partial charge is 0.308 e. The van der Waals surface area contributed by atoms with E-state index in [4.69, 9.17) is 4.74 Å². The molecule has 3 aromatic rings. The Morgan fingerprint density at radius 3 is 2.12 bits per heavy atom. The summed E-state index contributed by atoms with van der Waals surface area (Å²) in [6.07, 6.45) is 0. The molecule has 2 bridgehead atoms. The van der Waals surface area contributed by atoms with E-state index in [0.717, 1.165) is 22.3 Å². The largest absolute Gasteiger partial charge is 0.427 e. The van der Waals surface area contributed by atoms with Gasteiger partial charge in [-0.3, -0.25) is 14.4 Å². The van der Waals surface area contributed by atoms with E-state index in [0.29, 0.717) is 11.4 Å². The molecule has 0 radical (unpaired) electrons. The lowest BCUT2D eigenvalue weighted by Crippen LogP contribution is -2.51.